The molecule has 7 heteroatoms. The van der Waals surface area contributed by atoms with Crippen molar-refractivity contribution in [1.29, 1.82) is 0 Å². The van der Waals surface area contributed by atoms with Gasteiger partial charge in [0.25, 0.3) is 0 Å². The number of thiazole rings is 1. The number of hydrogen-bond acceptors (Lipinski definition) is 4. The van der Waals surface area contributed by atoms with Gasteiger partial charge in [0, 0.05) is 28.4 Å². The molecule has 0 spiro atoms. The molecule has 0 aromatic carbocycles. The van der Waals surface area contributed by atoms with E-state index in [9.17, 15) is 4.79 Å². The summed E-state index contributed by atoms with van der Waals surface area (Å²) in [5.74, 6) is 1.63. The molecule has 6 rings (SSSR count). The van der Waals surface area contributed by atoms with E-state index in [0.717, 1.165) is 43.6 Å². The van der Waals surface area contributed by atoms with Crippen LogP contribution >= 0.6 is 27.3 Å². The largest absolute Gasteiger partial charge is 0.323 e. The fraction of sp³-hybridized carbons (Fsp3) is 0.650. The lowest BCUT2D eigenvalue weighted by atomic mass is 9.49. The van der Waals surface area contributed by atoms with Gasteiger partial charge in [0.2, 0.25) is 5.91 Å². The van der Waals surface area contributed by atoms with Crippen molar-refractivity contribution in [3.8, 4) is 0 Å². The molecule has 144 valence electrons. The van der Waals surface area contributed by atoms with Crippen molar-refractivity contribution in [2.45, 2.75) is 62.7 Å². The Morgan fingerprint density at radius 2 is 2.15 bits per heavy atom. The number of aryl methyl sites for hydroxylation is 3. The molecule has 2 unspecified atom stereocenters. The Morgan fingerprint density at radius 1 is 1.37 bits per heavy atom. The Bertz CT molecular complexity index is 861. The molecule has 2 aromatic rings. The zero-order valence-corrected chi connectivity index (χ0v) is 18.0. The lowest BCUT2D eigenvalue weighted by Gasteiger charge is -2.59. The zero-order valence-electron chi connectivity index (χ0n) is 15.6. The van der Waals surface area contributed by atoms with Gasteiger partial charge in [0.1, 0.15) is 0 Å². The summed E-state index contributed by atoms with van der Waals surface area (Å²) in [6.45, 7) is 2.85. The summed E-state index contributed by atoms with van der Waals surface area (Å²) in [5.41, 5.74) is 3.63. The van der Waals surface area contributed by atoms with Crippen LogP contribution < -0.4 is 5.32 Å². The van der Waals surface area contributed by atoms with E-state index in [1.54, 1.807) is 17.5 Å². The molecular weight excluding hydrogens is 424 g/mol. The Balaban J connectivity index is 1.25. The Kier molecular flexibility index (Phi) is 4.24. The van der Waals surface area contributed by atoms with E-state index in [1.807, 2.05) is 23.3 Å². The van der Waals surface area contributed by atoms with Crippen molar-refractivity contribution >= 4 is 38.9 Å². The second kappa shape index (κ2) is 6.41. The van der Waals surface area contributed by atoms with Crippen molar-refractivity contribution in [1.82, 2.24) is 14.8 Å². The maximum atomic E-state index is 13.2. The zero-order chi connectivity index (χ0) is 18.6. The normalized spacial score (nSPS) is 34.1. The van der Waals surface area contributed by atoms with Crippen molar-refractivity contribution in [2.24, 2.45) is 17.3 Å². The summed E-state index contributed by atoms with van der Waals surface area (Å²) in [4.78, 5) is 18.8. The monoisotopic (exact) mass is 448 g/mol. The molecular formula is C20H25BrN4OS. The molecule has 0 saturated heterocycles. The van der Waals surface area contributed by atoms with Crippen molar-refractivity contribution < 1.29 is 4.79 Å². The van der Waals surface area contributed by atoms with Gasteiger partial charge in [-0.25, -0.2) is 4.98 Å². The third-order valence-electron chi connectivity index (χ3n) is 6.78. The van der Waals surface area contributed by atoms with Gasteiger partial charge in [-0.2, -0.15) is 5.10 Å². The predicted molar refractivity (Wildman–Crippen MR) is 110 cm³/mol. The quantitative estimate of drug-likeness (QED) is 0.681. The van der Waals surface area contributed by atoms with Gasteiger partial charge in [-0.05, 0) is 57.3 Å². The van der Waals surface area contributed by atoms with E-state index >= 15 is 0 Å². The molecule has 1 N–H and O–H groups in total. The van der Waals surface area contributed by atoms with Crippen LogP contribution in [0.4, 0.5) is 5.69 Å². The summed E-state index contributed by atoms with van der Waals surface area (Å²) >= 11 is 5.69. The fourth-order valence-corrected chi connectivity index (χ4v) is 8.24. The first-order valence-electron chi connectivity index (χ1n) is 9.85. The summed E-state index contributed by atoms with van der Waals surface area (Å²) in [6.07, 6.45) is 11.6. The molecule has 1 amide bonds. The number of nitrogens with zero attached hydrogens (tertiary/aromatic N) is 3. The van der Waals surface area contributed by atoms with Gasteiger partial charge in [0.05, 0.1) is 28.5 Å². The van der Waals surface area contributed by atoms with E-state index in [4.69, 9.17) is 0 Å². The van der Waals surface area contributed by atoms with Crippen molar-refractivity contribution in [2.75, 3.05) is 5.32 Å². The van der Waals surface area contributed by atoms with E-state index in [2.05, 4.69) is 31.3 Å². The van der Waals surface area contributed by atoms with Gasteiger partial charge in [-0.3, -0.25) is 9.48 Å². The first-order chi connectivity index (χ1) is 12.9. The summed E-state index contributed by atoms with van der Waals surface area (Å²) in [7, 11) is 0. The van der Waals surface area contributed by atoms with Crippen LogP contribution in [0.15, 0.2) is 17.9 Å². The molecule has 27 heavy (non-hydrogen) atoms. The highest BCUT2D eigenvalue weighted by Crippen LogP contribution is 2.64. The highest BCUT2D eigenvalue weighted by molar-refractivity contribution is 9.10. The highest BCUT2D eigenvalue weighted by Gasteiger charge is 2.59. The number of aromatic nitrogens is 3. The molecule has 4 bridgehead atoms. The second-order valence-electron chi connectivity index (χ2n) is 8.95. The average molecular weight is 449 g/mol. The third kappa shape index (κ3) is 3.27. The maximum Gasteiger partial charge on any atom is 0.230 e. The standard InChI is InChI=1S/C20H25BrN4OS/c1-13-17(27-12-22-13)2-3-25-10-16(9-23-25)24-18(26)19-5-14-4-15(6-19)8-20(21,7-14)11-19/h9-10,12,14-15H,2-8,11H2,1H3,(H,24,26). The van der Waals surface area contributed by atoms with Crippen LogP contribution in [0.2, 0.25) is 0 Å². The Morgan fingerprint density at radius 3 is 2.81 bits per heavy atom. The molecule has 2 heterocycles. The Hall–Kier alpha value is -1.21. The number of hydrogen-bond donors (Lipinski definition) is 1. The number of amides is 1. The molecule has 4 aliphatic carbocycles. The van der Waals surface area contributed by atoms with E-state index in [0.29, 0.717) is 11.8 Å². The molecule has 2 aromatic heterocycles. The van der Waals surface area contributed by atoms with Crippen LogP contribution in [0, 0.1) is 24.2 Å². The first kappa shape index (κ1) is 17.9. The minimum Gasteiger partial charge on any atom is -0.323 e. The van der Waals surface area contributed by atoms with Crippen molar-refractivity contribution in [3.63, 3.8) is 0 Å². The second-order valence-corrected chi connectivity index (χ2v) is 11.6. The molecule has 4 aliphatic rings. The van der Waals surface area contributed by atoms with Crippen LogP contribution in [0.25, 0.3) is 0 Å². The smallest absolute Gasteiger partial charge is 0.230 e. The van der Waals surface area contributed by atoms with E-state index < -0.39 is 0 Å². The molecule has 0 aliphatic heterocycles. The highest BCUT2D eigenvalue weighted by atomic mass is 79.9. The van der Waals surface area contributed by atoms with Gasteiger partial charge in [-0.15, -0.1) is 11.3 Å². The van der Waals surface area contributed by atoms with E-state index in [1.165, 1.54) is 24.1 Å². The van der Waals surface area contributed by atoms with Crippen LogP contribution in [-0.4, -0.2) is 25.0 Å². The van der Waals surface area contributed by atoms with Crippen molar-refractivity contribution in [3.05, 3.63) is 28.5 Å². The minimum absolute atomic E-state index is 0.185. The maximum absolute atomic E-state index is 13.2. The third-order valence-corrected chi connectivity index (χ3v) is 8.70. The number of alkyl halides is 1. The number of rotatable bonds is 5. The SMILES string of the molecule is Cc1ncsc1CCn1cc(NC(=O)C23CC4CC(CC(Br)(C4)C2)C3)cn1. The Labute approximate surface area is 172 Å². The van der Waals surface area contributed by atoms with Gasteiger partial charge >= 0.3 is 0 Å². The molecule has 2 atom stereocenters. The number of carbonyl (C=O) groups is 1. The lowest BCUT2D eigenvalue weighted by molar-refractivity contribution is -0.138. The van der Waals surface area contributed by atoms with Gasteiger partial charge in [0.15, 0.2) is 0 Å². The fourth-order valence-electron chi connectivity index (χ4n) is 6.01. The molecule has 4 fully saturated rings. The molecule has 4 saturated carbocycles. The number of carbonyl (C=O) groups excluding carboxylic acids is 1. The first-order valence-corrected chi connectivity index (χ1v) is 11.5. The van der Waals surface area contributed by atoms with Crippen LogP contribution in [-0.2, 0) is 17.8 Å². The number of halogens is 1. The van der Waals surface area contributed by atoms with Crippen LogP contribution in [0.1, 0.15) is 49.1 Å². The topological polar surface area (TPSA) is 59.8 Å². The average Bonchev–Trinajstić information content (AvgIpc) is 3.19. The summed E-state index contributed by atoms with van der Waals surface area (Å²) < 4.78 is 2.12. The molecule has 5 nitrogen and oxygen atoms in total. The summed E-state index contributed by atoms with van der Waals surface area (Å²) in [5, 5.41) is 7.62. The van der Waals surface area contributed by atoms with Gasteiger partial charge in [-0.1, -0.05) is 15.9 Å². The van der Waals surface area contributed by atoms with Crippen LogP contribution in [0.5, 0.6) is 0 Å². The lowest BCUT2D eigenvalue weighted by Crippen LogP contribution is -2.57. The predicted octanol–water partition coefficient (Wildman–Crippen LogP) is 4.56. The van der Waals surface area contributed by atoms with Gasteiger partial charge < -0.3 is 5.32 Å². The number of anilines is 1. The minimum atomic E-state index is -0.185. The number of nitrogens with one attached hydrogen (secondary N) is 1. The summed E-state index contributed by atoms with van der Waals surface area (Å²) in [6, 6.07) is 0. The van der Waals surface area contributed by atoms with Crippen LogP contribution in [0.3, 0.4) is 0 Å². The van der Waals surface area contributed by atoms with E-state index in [-0.39, 0.29) is 15.6 Å². The molecule has 0 radical (unpaired) electrons.